The lowest BCUT2D eigenvalue weighted by atomic mass is 9.99. The van der Waals surface area contributed by atoms with Crippen molar-refractivity contribution < 1.29 is 15.0 Å². The van der Waals surface area contributed by atoms with Crippen LogP contribution in [0.1, 0.15) is 40.0 Å². The Bertz CT molecular complexity index is 321. The second-order valence-corrected chi connectivity index (χ2v) is 4.13. The smallest absolute Gasteiger partial charge is 0.155 e. The zero-order chi connectivity index (χ0) is 14.1. The van der Waals surface area contributed by atoms with E-state index in [0.717, 1.165) is 24.0 Å². The van der Waals surface area contributed by atoms with Crippen LogP contribution in [0.2, 0.25) is 0 Å². The van der Waals surface area contributed by atoms with Gasteiger partial charge in [-0.2, -0.15) is 0 Å². The Morgan fingerprint density at radius 3 is 2.50 bits per heavy atom. The molecule has 1 rings (SSSR count). The molecular formula is C14H25NO3. The summed E-state index contributed by atoms with van der Waals surface area (Å²) < 4.78 is 0. The van der Waals surface area contributed by atoms with Gasteiger partial charge in [0.25, 0.3) is 0 Å². The van der Waals surface area contributed by atoms with E-state index in [1.54, 1.807) is 19.1 Å². The molecule has 0 radical (unpaired) electrons. The van der Waals surface area contributed by atoms with Gasteiger partial charge < -0.3 is 15.9 Å². The highest BCUT2D eigenvalue weighted by Gasteiger charge is 2.19. The molecule has 104 valence electrons. The molecular weight excluding hydrogens is 230 g/mol. The molecule has 0 bridgehead atoms. The maximum Gasteiger partial charge on any atom is 0.155 e. The summed E-state index contributed by atoms with van der Waals surface area (Å²) >= 11 is 0. The molecule has 4 N–H and O–H groups in total. The summed E-state index contributed by atoms with van der Waals surface area (Å²) in [5, 5.41) is 18.7. The van der Waals surface area contributed by atoms with Crippen LogP contribution in [0, 0.1) is 0 Å². The minimum atomic E-state index is -0.826. The minimum Gasteiger partial charge on any atom is -0.395 e. The third-order valence-electron chi connectivity index (χ3n) is 2.86. The highest BCUT2D eigenvalue weighted by molar-refractivity contribution is 5.93. The van der Waals surface area contributed by atoms with Crippen molar-refractivity contribution in [3.8, 4) is 0 Å². The first-order chi connectivity index (χ1) is 8.56. The quantitative estimate of drug-likeness (QED) is 0.707. The molecule has 0 saturated heterocycles. The van der Waals surface area contributed by atoms with E-state index in [1.807, 2.05) is 13.8 Å². The molecule has 18 heavy (non-hydrogen) atoms. The van der Waals surface area contributed by atoms with Crippen molar-refractivity contribution >= 4 is 5.78 Å². The van der Waals surface area contributed by atoms with Gasteiger partial charge in [0.1, 0.15) is 0 Å². The fourth-order valence-corrected chi connectivity index (χ4v) is 1.77. The van der Waals surface area contributed by atoms with E-state index in [2.05, 4.69) is 0 Å². The zero-order valence-electron chi connectivity index (χ0n) is 11.5. The largest absolute Gasteiger partial charge is 0.395 e. The molecule has 0 aliphatic heterocycles. The first-order valence-corrected chi connectivity index (χ1v) is 6.51. The normalized spacial score (nSPS) is 18.6. The van der Waals surface area contributed by atoms with Crippen LogP contribution in [-0.2, 0) is 4.79 Å². The van der Waals surface area contributed by atoms with E-state index in [-0.39, 0.29) is 12.4 Å². The van der Waals surface area contributed by atoms with Crippen LogP contribution in [0.15, 0.2) is 23.3 Å². The van der Waals surface area contributed by atoms with E-state index in [0.29, 0.717) is 6.42 Å². The van der Waals surface area contributed by atoms with Crippen molar-refractivity contribution in [2.45, 2.75) is 52.2 Å². The van der Waals surface area contributed by atoms with Gasteiger partial charge in [-0.25, -0.2) is 0 Å². The van der Waals surface area contributed by atoms with Crippen molar-refractivity contribution in [3.05, 3.63) is 23.3 Å². The van der Waals surface area contributed by atoms with Crippen molar-refractivity contribution in [2.24, 2.45) is 5.73 Å². The van der Waals surface area contributed by atoms with E-state index in [4.69, 9.17) is 10.8 Å². The van der Waals surface area contributed by atoms with Gasteiger partial charge in [-0.3, -0.25) is 4.79 Å². The van der Waals surface area contributed by atoms with Crippen LogP contribution in [0.5, 0.6) is 0 Å². The molecule has 2 atom stereocenters. The van der Waals surface area contributed by atoms with Crippen LogP contribution in [0.3, 0.4) is 0 Å². The number of carbonyl (C=O) groups is 1. The number of ketones is 1. The molecule has 0 heterocycles. The third-order valence-corrected chi connectivity index (χ3v) is 2.86. The van der Waals surface area contributed by atoms with Crippen molar-refractivity contribution in [1.29, 1.82) is 0 Å². The molecule has 1 aliphatic rings. The topological polar surface area (TPSA) is 83.5 Å². The first-order valence-electron chi connectivity index (χ1n) is 6.51. The Morgan fingerprint density at radius 1 is 1.39 bits per heavy atom. The predicted octanol–water partition coefficient (Wildman–Crippen LogP) is 1.32. The molecule has 0 saturated carbocycles. The maximum absolute atomic E-state index is 11.2. The number of nitrogens with two attached hydrogens (primary N) is 1. The van der Waals surface area contributed by atoms with E-state index in [1.165, 1.54) is 0 Å². The van der Waals surface area contributed by atoms with Crippen LogP contribution < -0.4 is 5.73 Å². The van der Waals surface area contributed by atoms with Gasteiger partial charge in [-0.05, 0) is 37.3 Å². The number of hydrogen-bond acceptors (Lipinski definition) is 4. The molecule has 0 amide bonds. The monoisotopic (exact) mass is 255 g/mol. The second kappa shape index (κ2) is 9.03. The number of aliphatic hydroxyl groups excluding tert-OH is 2. The number of allylic oxidation sites excluding steroid dienone is 3. The molecule has 0 fully saturated rings. The molecule has 0 spiro atoms. The van der Waals surface area contributed by atoms with Crippen molar-refractivity contribution in [3.63, 3.8) is 0 Å². The summed E-state index contributed by atoms with van der Waals surface area (Å²) in [6, 6.07) is -0.654. The van der Waals surface area contributed by atoms with Gasteiger partial charge in [0.05, 0.1) is 18.8 Å². The molecule has 1 aliphatic carbocycles. The molecule has 0 aromatic heterocycles. The Balaban J connectivity index is 0.00000137. The van der Waals surface area contributed by atoms with E-state index in [9.17, 15) is 9.90 Å². The van der Waals surface area contributed by atoms with Crippen LogP contribution in [-0.4, -0.2) is 34.7 Å². The molecule has 4 nitrogen and oxygen atoms in total. The summed E-state index contributed by atoms with van der Waals surface area (Å²) in [5.74, 6) is 0.0680. The Hall–Kier alpha value is -0.970. The van der Waals surface area contributed by atoms with Gasteiger partial charge in [-0.1, -0.05) is 26.0 Å². The first kappa shape index (κ1) is 17.0. The molecule has 2 unspecified atom stereocenters. The lowest BCUT2D eigenvalue weighted by Crippen LogP contribution is -2.39. The molecule has 4 heteroatoms. The standard InChI is InChI=1S/C12H19NO3.C2H6/c1-8(15)9-3-2-4-10(6-5-9)12(16)11(13)7-14;1-2/h5-6,11-12,14,16H,2-4,7,13H2,1H3;1-2H3. The number of Topliss-reactive ketones (excluding diaryl/α,β-unsaturated/α-hetero) is 1. The summed E-state index contributed by atoms with van der Waals surface area (Å²) in [6.07, 6.45) is 4.94. The van der Waals surface area contributed by atoms with Crippen LogP contribution in [0.25, 0.3) is 0 Å². The lowest BCUT2D eigenvalue weighted by molar-refractivity contribution is -0.113. The molecule has 0 aromatic carbocycles. The lowest BCUT2D eigenvalue weighted by Gasteiger charge is -2.19. The zero-order valence-corrected chi connectivity index (χ0v) is 11.5. The number of carbonyl (C=O) groups excluding carboxylic acids is 1. The Morgan fingerprint density at radius 2 is 2.00 bits per heavy atom. The van der Waals surface area contributed by atoms with Gasteiger partial charge in [-0.15, -0.1) is 0 Å². The fourth-order valence-electron chi connectivity index (χ4n) is 1.77. The van der Waals surface area contributed by atoms with E-state index < -0.39 is 12.1 Å². The van der Waals surface area contributed by atoms with Crippen molar-refractivity contribution in [1.82, 2.24) is 0 Å². The summed E-state index contributed by atoms with van der Waals surface area (Å²) in [5.41, 5.74) is 7.13. The second-order valence-electron chi connectivity index (χ2n) is 4.13. The SMILES string of the molecule is CC.CC(=O)C1=CC=C(C(O)C(N)CO)CCC1. The van der Waals surface area contributed by atoms with Gasteiger partial charge >= 0.3 is 0 Å². The van der Waals surface area contributed by atoms with Gasteiger partial charge in [0.15, 0.2) is 5.78 Å². The van der Waals surface area contributed by atoms with Crippen LogP contribution >= 0.6 is 0 Å². The maximum atomic E-state index is 11.2. The highest BCUT2D eigenvalue weighted by Crippen LogP contribution is 2.21. The van der Waals surface area contributed by atoms with Crippen LogP contribution in [0.4, 0.5) is 0 Å². The number of aliphatic hydroxyl groups is 2. The summed E-state index contributed by atoms with van der Waals surface area (Å²) in [7, 11) is 0. The Kier molecular flexibility index (Phi) is 8.54. The average Bonchev–Trinajstić information content (AvgIpc) is 2.65. The third kappa shape index (κ3) is 5.12. The van der Waals surface area contributed by atoms with Gasteiger partial charge in [0.2, 0.25) is 0 Å². The molecule has 0 aromatic rings. The van der Waals surface area contributed by atoms with Gasteiger partial charge in [0, 0.05) is 0 Å². The number of rotatable bonds is 4. The Labute approximate surface area is 109 Å². The average molecular weight is 255 g/mol. The summed E-state index contributed by atoms with van der Waals surface area (Å²) in [6.45, 7) is 5.29. The predicted molar refractivity (Wildman–Crippen MR) is 73.1 cm³/mol. The highest BCUT2D eigenvalue weighted by atomic mass is 16.3. The summed E-state index contributed by atoms with van der Waals surface area (Å²) in [4.78, 5) is 11.2. The number of hydrogen-bond donors (Lipinski definition) is 3. The van der Waals surface area contributed by atoms with Crippen molar-refractivity contribution in [2.75, 3.05) is 6.61 Å². The fraction of sp³-hybridized carbons (Fsp3) is 0.643. The van der Waals surface area contributed by atoms with E-state index >= 15 is 0 Å². The minimum absolute atomic E-state index is 0.0680.